The molecule has 0 bridgehead atoms. The fourth-order valence-electron chi connectivity index (χ4n) is 2.63. The molecule has 156 valence electrons. The number of anilines is 2. The lowest BCUT2D eigenvalue weighted by atomic mass is 10.2. The highest BCUT2D eigenvalue weighted by Crippen LogP contribution is 2.25. The van der Waals surface area contributed by atoms with Crippen molar-refractivity contribution < 1.29 is 22.7 Å². The van der Waals surface area contributed by atoms with Gasteiger partial charge in [0.05, 0.1) is 29.7 Å². The second-order valence-corrected chi connectivity index (χ2v) is 8.25. The van der Waals surface area contributed by atoms with Crippen LogP contribution < -0.4 is 19.5 Å². The minimum atomic E-state index is -3.86. The lowest BCUT2D eigenvalue weighted by Gasteiger charge is -2.12. The SMILES string of the molecule is COc1ccc(S(=O)(=O)Nc2ccc(Cl)c(C(=O)Nc3cccc(OC)c3)c2)cc1. The standard InChI is InChI=1S/C21H19ClN2O5S/c1-28-16-7-9-18(10-8-16)30(26,27)24-15-6-11-20(22)19(13-15)21(25)23-14-4-3-5-17(12-14)29-2/h3-13,24H,1-2H3,(H,23,25). The Bertz CT molecular complexity index is 1160. The number of methoxy groups -OCH3 is 2. The number of ether oxygens (including phenoxy) is 2. The molecule has 3 rings (SSSR count). The number of rotatable bonds is 7. The molecule has 30 heavy (non-hydrogen) atoms. The molecule has 7 nitrogen and oxygen atoms in total. The maximum Gasteiger partial charge on any atom is 0.261 e. The zero-order valence-electron chi connectivity index (χ0n) is 16.2. The van der Waals surface area contributed by atoms with Crippen LogP contribution in [0.2, 0.25) is 5.02 Å². The van der Waals surface area contributed by atoms with Crippen molar-refractivity contribution in [2.75, 3.05) is 24.3 Å². The van der Waals surface area contributed by atoms with Gasteiger partial charge in [-0.05, 0) is 54.6 Å². The van der Waals surface area contributed by atoms with Crippen molar-refractivity contribution in [3.63, 3.8) is 0 Å². The van der Waals surface area contributed by atoms with Gasteiger partial charge in [0.1, 0.15) is 11.5 Å². The summed E-state index contributed by atoms with van der Waals surface area (Å²) >= 11 is 6.16. The molecule has 0 aliphatic heterocycles. The highest BCUT2D eigenvalue weighted by atomic mass is 35.5. The maximum absolute atomic E-state index is 12.7. The van der Waals surface area contributed by atoms with Crippen molar-refractivity contribution in [3.05, 3.63) is 77.3 Å². The molecule has 0 atom stereocenters. The summed E-state index contributed by atoms with van der Waals surface area (Å²) in [5.74, 6) is 0.635. The molecule has 3 aromatic carbocycles. The van der Waals surface area contributed by atoms with E-state index in [0.29, 0.717) is 17.2 Å². The summed E-state index contributed by atoms with van der Waals surface area (Å²) in [7, 11) is -0.841. The number of sulfonamides is 1. The molecule has 0 fully saturated rings. The minimum absolute atomic E-state index is 0.0561. The van der Waals surface area contributed by atoms with E-state index in [0.717, 1.165) is 0 Å². The quantitative estimate of drug-likeness (QED) is 0.560. The Morgan fingerprint density at radius 2 is 1.57 bits per heavy atom. The highest BCUT2D eigenvalue weighted by Gasteiger charge is 2.17. The number of carbonyl (C=O) groups excluding carboxylic acids is 1. The number of benzene rings is 3. The highest BCUT2D eigenvalue weighted by molar-refractivity contribution is 7.92. The Kier molecular flexibility index (Phi) is 6.49. The first kappa shape index (κ1) is 21.5. The molecule has 0 radical (unpaired) electrons. The second-order valence-electron chi connectivity index (χ2n) is 6.16. The van der Waals surface area contributed by atoms with E-state index < -0.39 is 15.9 Å². The van der Waals surface area contributed by atoms with Gasteiger partial charge in [0.2, 0.25) is 0 Å². The van der Waals surface area contributed by atoms with Gasteiger partial charge in [-0.3, -0.25) is 9.52 Å². The molecule has 0 saturated heterocycles. The van der Waals surface area contributed by atoms with E-state index in [1.807, 2.05) is 0 Å². The maximum atomic E-state index is 12.7. The summed E-state index contributed by atoms with van der Waals surface area (Å²) in [6.07, 6.45) is 0. The van der Waals surface area contributed by atoms with E-state index in [1.54, 1.807) is 36.4 Å². The third-order valence-electron chi connectivity index (χ3n) is 4.16. The number of carbonyl (C=O) groups is 1. The molecule has 0 spiro atoms. The van der Waals surface area contributed by atoms with Gasteiger partial charge in [-0.1, -0.05) is 17.7 Å². The van der Waals surface area contributed by atoms with Crippen LogP contribution >= 0.6 is 11.6 Å². The summed E-state index contributed by atoms with van der Waals surface area (Å²) in [4.78, 5) is 12.7. The van der Waals surface area contributed by atoms with Crippen LogP contribution in [0.4, 0.5) is 11.4 Å². The van der Waals surface area contributed by atoms with Gasteiger partial charge in [-0.2, -0.15) is 0 Å². The van der Waals surface area contributed by atoms with Crippen LogP contribution in [0.1, 0.15) is 10.4 Å². The number of hydrogen-bond donors (Lipinski definition) is 2. The summed E-state index contributed by atoms with van der Waals surface area (Å²) in [6.45, 7) is 0. The molecule has 0 heterocycles. The van der Waals surface area contributed by atoms with Crippen LogP contribution in [0, 0.1) is 0 Å². The Morgan fingerprint density at radius 3 is 2.23 bits per heavy atom. The van der Waals surface area contributed by atoms with Crippen LogP contribution in [-0.4, -0.2) is 28.5 Å². The normalized spacial score (nSPS) is 10.9. The topological polar surface area (TPSA) is 93.7 Å². The molecular formula is C21H19ClN2O5S. The smallest absolute Gasteiger partial charge is 0.261 e. The van der Waals surface area contributed by atoms with Crippen molar-refractivity contribution in [1.29, 1.82) is 0 Å². The third kappa shape index (κ3) is 5.03. The Morgan fingerprint density at radius 1 is 0.867 bits per heavy atom. The van der Waals surface area contributed by atoms with Crippen molar-refractivity contribution in [3.8, 4) is 11.5 Å². The number of amides is 1. The third-order valence-corrected chi connectivity index (χ3v) is 5.89. The minimum Gasteiger partial charge on any atom is -0.497 e. The Hall–Kier alpha value is -3.23. The van der Waals surface area contributed by atoms with E-state index >= 15 is 0 Å². The van der Waals surface area contributed by atoms with Gasteiger partial charge in [0.15, 0.2) is 0 Å². The zero-order valence-corrected chi connectivity index (χ0v) is 17.8. The van der Waals surface area contributed by atoms with E-state index in [4.69, 9.17) is 21.1 Å². The molecule has 2 N–H and O–H groups in total. The van der Waals surface area contributed by atoms with Crippen LogP contribution in [-0.2, 0) is 10.0 Å². The van der Waals surface area contributed by atoms with Crippen LogP contribution in [0.3, 0.4) is 0 Å². The zero-order chi connectivity index (χ0) is 21.7. The van der Waals surface area contributed by atoms with Gasteiger partial charge < -0.3 is 14.8 Å². The van der Waals surface area contributed by atoms with E-state index in [2.05, 4.69) is 10.0 Å². The Labute approximate surface area is 179 Å². The second kappa shape index (κ2) is 9.06. The van der Waals surface area contributed by atoms with Crippen LogP contribution in [0.25, 0.3) is 0 Å². The summed E-state index contributed by atoms with van der Waals surface area (Å²) in [5.41, 5.74) is 0.833. The van der Waals surface area contributed by atoms with Crippen molar-refractivity contribution in [1.82, 2.24) is 0 Å². The summed E-state index contributed by atoms with van der Waals surface area (Å²) in [5, 5.41) is 2.90. The van der Waals surface area contributed by atoms with Crippen LogP contribution in [0.5, 0.6) is 11.5 Å². The lowest BCUT2D eigenvalue weighted by Crippen LogP contribution is -2.15. The molecule has 9 heteroatoms. The molecular weight excluding hydrogens is 428 g/mol. The summed E-state index contributed by atoms with van der Waals surface area (Å²) in [6, 6.07) is 17.1. The number of hydrogen-bond acceptors (Lipinski definition) is 5. The molecule has 0 saturated carbocycles. The van der Waals surface area contributed by atoms with Gasteiger partial charge in [-0.25, -0.2) is 8.42 Å². The molecule has 3 aromatic rings. The molecule has 1 amide bonds. The molecule has 0 aliphatic rings. The predicted molar refractivity (Wildman–Crippen MR) is 116 cm³/mol. The average molecular weight is 447 g/mol. The average Bonchev–Trinajstić information content (AvgIpc) is 2.75. The largest absolute Gasteiger partial charge is 0.497 e. The first-order valence-electron chi connectivity index (χ1n) is 8.74. The first-order valence-corrected chi connectivity index (χ1v) is 10.6. The van der Waals surface area contributed by atoms with E-state index in [1.165, 1.54) is 44.6 Å². The number of halogens is 1. The van der Waals surface area contributed by atoms with E-state index in [9.17, 15) is 13.2 Å². The van der Waals surface area contributed by atoms with Crippen molar-refractivity contribution in [2.45, 2.75) is 4.90 Å². The fraction of sp³-hybridized carbons (Fsp3) is 0.0952. The van der Waals surface area contributed by atoms with Gasteiger partial charge in [0, 0.05) is 17.4 Å². The molecule has 0 aromatic heterocycles. The van der Waals surface area contributed by atoms with Gasteiger partial charge in [0.25, 0.3) is 15.9 Å². The summed E-state index contributed by atoms with van der Waals surface area (Å²) < 4.78 is 37.9. The molecule has 0 unspecified atom stereocenters. The van der Waals surface area contributed by atoms with Gasteiger partial charge in [-0.15, -0.1) is 0 Å². The van der Waals surface area contributed by atoms with E-state index in [-0.39, 0.29) is 21.2 Å². The lowest BCUT2D eigenvalue weighted by molar-refractivity contribution is 0.102. The monoisotopic (exact) mass is 446 g/mol. The fourth-order valence-corrected chi connectivity index (χ4v) is 3.88. The van der Waals surface area contributed by atoms with Crippen molar-refractivity contribution >= 4 is 38.9 Å². The van der Waals surface area contributed by atoms with Gasteiger partial charge >= 0.3 is 0 Å². The van der Waals surface area contributed by atoms with Crippen LogP contribution in [0.15, 0.2) is 71.6 Å². The predicted octanol–water partition coefficient (Wildman–Crippen LogP) is 4.41. The molecule has 0 aliphatic carbocycles. The van der Waals surface area contributed by atoms with Crippen molar-refractivity contribution in [2.24, 2.45) is 0 Å². The number of nitrogens with one attached hydrogen (secondary N) is 2. The Balaban J connectivity index is 1.82. The first-order chi connectivity index (χ1) is 14.3.